The lowest BCUT2D eigenvalue weighted by molar-refractivity contribution is -0.164. The van der Waals surface area contributed by atoms with E-state index in [1.807, 2.05) is 12.3 Å². The van der Waals surface area contributed by atoms with E-state index in [4.69, 9.17) is 9.47 Å². The Kier molecular flexibility index (Phi) is 5.64. The van der Waals surface area contributed by atoms with Crippen molar-refractivity contribution in [2.24, 2.45) is 0 Å². The molecule has 0 N–H and O–H groups in total. The van der Waals surface area contributed by atoms with E-state index < -0.39 is 0 Å². The topological polar surface area (TPSA) is 37.8 Å². The van der Waals surface area contributed by atoms with Gasteiger partial charge in [-0.3, -0.25) is 4.90 Å². The molecule has 5 nitrogen and oxygen atoms in total. The summed E-state index contributed by atoms with van der Waals surface area (Å²) in [7, 11) is 0. The molecule has 0 amide bonds. The molecular formula is C17H27N3O2. The van der Waals surface area contributed by atoms with Gasteiger partial charge in [0, 0.05) is 45.5 Å². The molecule has 0 bridgehead atoms. The lowest BCUT2D eigenvalue weighted by Gasteiger charge is -2.35. The zero-order valence-corrected chi connectivity index (χ0v) is 13.5. The van der Waals surface area contributed by atoms with E-state index in [9.17, 15) is 0 Å². The van der Waals surface area contributed by atoms with Crippen molar-refractivity contribution in [2.45, 2.75) is 32.5 Å². The Hall–Kier alpha value is -1.17. The highest BCUT2D eigenvalue weighted by atomic mass is 16.7. The van der Waals surface area contributed by atoms with Crippen LogP contribution in [0.4, 0.5) is 5.82 Å². The molecule has 2 saturated heterocycles. The maximum Gasteiger partial charge on any atom is 0.157 e. The summed E-state index contributed by atoms with van der Waals surface area (Å²) in [5.41, 5.74) is 1.27. The van der Waals surface area contributed by atoms with Crippen molar-refractivity contribution >= 4 is 5.82 Å². The summed E-state index contributed by atoms with van der Waals surface area (Å²) in [5.74, 6) is 1.10. The molecule has 0 unspecified atom stereocenters. The summed E-state index contributed by atoms with van der Waals surface area (Å²) in [5, 5.41) is 0. The van der Waals surface area contributed by atoms with Gasteiger partial charge in [-0.15, -0.1) is 0 Å². The van der Waals surface area contributed by atoms with Crippen LogP contribution in [0.25, 0.3) is 0 Å². The van der Waals surface area contributed by atoms with Gasteiger partial charge in [-0.1, -0.05) is 0 Å². The zero-order valence-electron chi connectivity index (χ0n) is 13.5. The maximum absolute atomic E-state index is 5.82. The predicted molar refractivity (Wildman–Crippen MR) is 87.2 cm³/mol. The van der Waals surface area contributed by atoms with E-state index in [0.717, 1.165) is 58.2 Å². The smallest absolute Gasteiger partial charge is 0.157 e. The van der Waals surface area contributed by atoms with Gasteiger partial charge in [-0.2, -0.15) is 0 Å². The second-order valence-electron chi connectivity index (χ2n) is 6.19. The normalized spacial score (nSPS) is 23.7. The lowest BCUT2D eigenvalue weighted by atomic mass is 10.2. The minimum atomic E-state index is 0.0338. The Balaban J connectivity index is 1.36. The van der Waals surface area contributed by atoms with E-state index >= 15 is 0 Å². The predicted octanol–water partition coefficient (Wildman–Crippen LogP) is 2.06. The first-order valence-corrected chi connectivity index (χ1v) is 8.44. The fourth-order valence-corrected chi connectivity index (χ4v) is 3.05. The van der Waals surface area contributed by atoms with Crippen molar-refractivity contribution in [3.8, 4) is 0 Å². The number of hydrogen-bond acceptors (Lipinski definition) is 5. The fraction of sp³-hybridized carbons (Fsp3) is 0.706. The number of aromatic nitrogens is 1. The van der Waals surface area contributed by atoms with Crippen LogP contribution in [0.3, 0.4) is 0 Å². The third-order valence-corrected chi connectivity index (χ3v) is 4.45. The second kappa shape index (κ2) is 7.90. The Labute approximate surface area is 133 Å². The third kappa shape index (κ3) is 4.41. The second-order valence-corrected chi connectivity index (χ2v) is 6.19. The first-order valence-electron chi connectivity index (χ1n) is 8.44. The lowest BCUT2D eigenvalue weighted by Crippen LogP contribution is -2.47. The summed E-state index contributed by atoms with van der Waals surface area (Å²) in [6, 6.07) is 4.21. The Bertz CT molecular complexity index is 455. The van der Waals surface area contributed by atoms with E-state index in [0.29, 0.717) is 0 Å². The minimum absolute atomic E-state index is 0.0338. The number of nitrogens with zero attached hydrogens (tertiary/aromatic N) is 3. The molecule has 2 aliphatic heterocycles. The first kappa shape index (κ1) is 15.7. The highest BCUT2D eigenvalue weighted by Gasteiger charge is 2.19. The summed E-state index contributed by atoms with van der Waals surface area (Å²) < 4.78 is 11.4. The number of ether oxygens (including phenoxy) is 2. The molecule has 1 aromatic rings. The molecule has 3 rings (SSSR count). The van der Waals surface area contributed by atoms with E-state index in [1.54, 1.807) is 0 Å². The number of pyridine rings is 1. The minimum Gasteiger partial charge on any atom is -0.354 e. The summed E-state index contributed by atoms with van der Waals surface area (Å²) in [6.07, 6.45) is 5.38. The molecule has 0 aromatic carbocycles. The standard InChI is InChI=1S/C17H27N3O2/c1-15-5-6-18-16(14-15)20-9-7-19(8-10-20)11-13-22-17-4-2-3-12-21-17/h5-6,14,17H,2-4,7-13H2,1H3/t17-/m1/s1. The number of anilines is 1. The van der Waals surface area contributed by atoms with Crippen molar-refractivity contribution in [3.05, 3.63) is 23.9 Å². The highest BCUT2D eigenvalue weighted by molar-refractivity contribution is 5.41. The molecule has 122 valence electrons. The quantitative estimate of drug-likeness (QED) is 0.832. The van der Waals surface area contributed by atoms with Crippen LogP contribution < -0.4 is 4.90 Å². The van der Waals surface area contributed by atoms with Gasteiger partial charge in [-0.25, -0.2) is 4.98 Å². The molecule has 0 aliphatic carbocycles. The number of piperazine rings is 1. The van der Waals surface area contributed by atoms with Gasteiger partial charge in [-0.05, 0) is 43.9 Å². The summed E-state index contributed by atoms with van der Waals surface area (Å²) >= 11 is 0. The molecular weight excluding hydrogens is 278 g/mol. The largest absolute Gasteiger partial charge is 0.354 e. The van der Waals surface area contributed by atoms with Crippen molar-refractivity contribution in [3.63, 3.8) is 0 Å². The molecule has 0 spiro atoms. The van der Waals surface area contributed by atoms with Crippen LogP contribution in [-0.2, 0) is 9.47 Å². The van der Waals surface area contributed by atoms with Crippen molar-refractivity contribution in [1.82, 2.24) is 9.88 Å². The Morgan fingerprint density at radius 2 is 2.14 bits per heavy atom. The van der Waals surface area contributed by atoms with E-state index in [-0.39, 0.29) is 6.29 Å². The van der Waals surface area contributed by atoms with E-state index in [1.165, 1.54) is 18.4 Å². The maximum atomic E-state index is 5.82. The molecule has 2 fully saturated rings. The summed E-state index contributed by atoms with van der Waals surface area (Å²) in [4.78, 5) is 9.31. The van der Waals surface area contributed by atoms with Crippen LogP contribution in [-0.4, -0.2) is 62.1 Å². The Morgan fingerprint density at radius 1 is 1.27 bits per heavy atom. The van der Waals surface area contributed by atoms with Gasteiger partial charge in [0.05, 0.1) is 6.61 Å². The van der Waals surface area contributed by atoms with Gasteiger partial charge in [0.25, 0.3) is 0 Å². The average Bonchev–Trinajstić information content (AvgIpc) is 2.56. The average molecular weight is 305 g/mol. The van der Waals surface area contributed by atoms with Crippen molar-refractivity contribution in [2.75, 3.05) is 50.8 Å². The monoisotopic (exact) mass is 305 g/mol. The fourth-order valence-electron chi connectivity index (χ4n) is 3.05. The molecule has 22 heavy (non-hydrogen) atoms. The van der Waals surface area contributed by atoms with Crippen LogP contribution in [0.15, 0.2) is 18.3 Å². The molecule has 1 aromatic heterocycles. The van der Waals surface area contributed by atoms with Crippen LogP contribution in [0.5, 0.6) is 0 Å². The van der Waals surface area contributed by atoms with Gasteiger partial charge in [0.1, 0.15) is 5.82 Å². The van der Waals surface area contributed by atoms with Gasteiger partial charge < -0.3 is 14.4 Å². The number of aryl methyl sites for hydroxylation is 1. The molecule has 2 aliphatic rings. The van der Waals surface area contributed by atoms with Gasteiger partial charge in [0.2, 0.25) is 0 Å². The third-order valence-electron chi connectivity index (χ3n) is 4.45. The Morgan fingerprint density at radius 3 is 2.86 bits per heavy atom. The molecule has 1 atom stereocenters. The van der Waals surface area contributed by atoms with Gasteiger partial charge >= 0.3 is 0 Å². The number of rotatable bonds is 5. The molecule has 3 heterocycles. The number of hydrogen-bond donors (Lipinski definition) is 0. The summed E-state index contributed by atoms with van der Waals surface area (Å²) in [6.45, 7) is 8.96. The highest BCUT2D eigenvalue weighted by Crippen LogP contribution is 2.15. The molecule has 0 saturated carbocycles. The van der Waals surface area contributed by atoms with Crippen LogP contribution in [0.1, 0.15) is 24.8 Å². The first-order chi connectivity index (χ1) is 10.8. The van der Waals surface area contributed by atoms with Crippen LogP contribution >= 0.6 is 0 Å². The van der Waals surface area contributed by atoms with Crippen LogP contribution in [0, 0.1) is 6.92 Å². The van der Waals surface area contributed by atoms with Crippen molar-refractivity contribution in [1.29, 1.82) is 0 Å². The SMILES string of the molecule is Cc1ccnc(N2CCN(CCO[C@@H]3CCCCO3)CC2)c1. The zero-order chi connectivity index (χ0) is 15.2. The molecule has 0 radical (unpaired) electrons. The van der Waals surface area contributed by atoms with Crippen molar-refractivity contribution < 1.29 is 9.47 Å². The van der Waals surface area contributed by atoms with E-state index in [2.05, 4.69) is 27.8 Å². The van der Waals surface area contributed by atoms with Gasteiger partial charge in [0.15, 0.2) is 6.29 Å². The molecule has 5 heteroatoms. The van der Waals surface area contributed by atoms with Crippen LogP contribution in [0.2, 0.25) is 0 Å².